The van der Waals surface area contributed by atoms with Gasteiger partial charge in [-0.05, 0) is 18.6 Å². The number of carbonyl (C=O) groups excluding carboxylic acids is 1. The van der Waals surface area contributed by atoms with E-state index in [1.165, 1.54) is 5.56 Å². The fraction of sp³-hybridized carbons (Fsp3) is 0.409. The number of ether oxygens (including phenoxy) is 1. The molecule has 1 fully saturated rings. The summed E-state index contributed by atoms with van der Waals surface area (Å²) in [5, 5.41) is 3.22. The molecule has 2 aliphatic rings. The number of benzene rings is 2. The molecule has 2 aliphatic heterocycles. The van der Waals surface area contributed by atoms with Crippen LogP contribution in [0, 0.1) is 0 Å². The molecule has 1 saturated heterocycles. The number of fused-ring (bicyclic) bond motifs is 1. The van der Waals surface area contributed by atoms with Crippen LogP contribution in [0.25, 0.3) is 0 Å². The van der Waals surface area contributed by atoms with Crippen molar-refractivity contribution in [2.75, 3.05) is 19.7 Å². The quantitative estimate of drug-likeness (QED) is 0.826. The van der Waals surface area contributed by atoms with Gasteiger partial charge in [0.15, 0.2) is 0 Å². The molecular formula is C22H28ClN3O2. The first kappa shape index (κ1) is 20.6. The van der Waals surface area contributed by atoms with E-state index in [1.54, 1.807) is 0 Å². The molecule has 4 atom stereocenters. The van der Waals surface area contributed by atoms with Crippen molar-refractivity contribution in [3.05, 3.63) is 65.7 Å². The largest absolute Gasteiger partial charge is 0.493 e. The zero-order valence-electron chi connectivity index (χ0n) is 16.1. The highest BCUT2D eigenvalue weighted by atomic mass is 35.5. The molecule has 28 heavy (non-hydrogen) atoms. The van der Waals surface area contributed by atoms with Crippen LogP contribution in [-0.4, -0.2) is 42.6 Å². The Morgan fingerprint density at radius 3 is 2.64 bits per heavy atom. The van der Waals surface area contributed by atoms with E-state index >= 15 is 0 Å². The third kappa shape index (κ3) is 4.17. The third-order valence-corrected chi connectivity index (χ3v) is 5.82. The lowest BCUT2D eigenvalue weighted by molar-refractivity contribution is -0.126. The summed E-state index contributed by atoms with van der Waals surface area (Å²) in [6, 6.07) is 18.1. The molecule has 2 aromatic carbocycles. The van der Waals surface area contributed by atoms with Crippen molar-refractivity contribution in [1.29, 1.82) is 0 Å². The van der Waals surface area contributed by atoms with Crippen LogP contribution in [0.3, 0.4) is 0 Å². The van der Waals surface area contributed by atoms with Crippen LogP contribution in [0.5, 0.6) is 5.75 Å². The van der Waals surface area contributed by atoms with E-state index in [0.717, 1.165) is 30.8 Å². The van der Waals surface area contributed by atoms with Crippen LogP contribution < -0.4 is 15.8 Å². The van der Waals surface area contributed by atoms with Crippen molar-refractivity contribution in [2.45, 2.75) is 37.4 Å². The summed E-state index contributed by atoms with van der Waals surface area (Å²) in [6.45, 7) is 4.14. The van der Waals surface area contributed by atoms with Crippen LogP contribution in [0.4, 0.5) is 0 Å². The molecule has 150 valence electrons. The van der Waals surface area contributed by atoms with Crippen molar-refractivity contribution in [3.8, 4) is 5.75 Å². The number of hydrogen-bond donors (Lipinski definition) is 2. The van der Waals surface area contributed by atoms with Crippen LogP contribution in [-0.2, 0) is 4.79 Å². The molecule has 0 aromatic heterocycles. The highest BCUT2D eigenvalue weighted by Crippen LogP contribution is 2.32. The van der Waals surface area contributed by atoms with E-state index in [1.807, 2.05) is 49.4 Å². The summed E-state index contributed by atoms with van der Waals surface area (Å²) in [6.07, 6.45) is 0.793. The second-order valence-electron chi connectivity index (χ2n) is 7.55. The van der Waals surface area contributed by atoms with Gasteiger partial charge in [-0.1, -0.05) is 48.5 Å². The van der Waals surface area contributed by atoms with E-state index in [9.17, 15) is 4.79 Å². The number of carbonyl (C=O) groups is 1. The Hall–Kier alpha value is -2.08. The molecule has 2 unspecified atom stereocenters. The molecule has 6 heteroatoms. The molecule has 4 rings (SSSR count). The monoisotopic (exact) mass is 401 g/mol. The van der Waals surface area contributed by atoms with E-state index in [0.29, 0.717) is 6.61 Å². The van der Waals surface area contributed by atoms with Gasteiger partial charge in [0.2, 0.25) is 5.91 Å². The topological polar surface area (TPSA) is 67.6 Å². The maximum atomic E-state index is 12.9. The summed E-state index contributed by atoms with van der Waals surface area (Å²) in [5.41, 5.74) is 8.71. The van der Waals surface area contributed by atoms with E-state index in [4.69, 9.17) is 10.5 Å². The molecular weight excluding hydrogens is 374 g/mol. The Morgan fingerprint density at radius 1 is 1.14 bits per heavy atom. The summed E-state index contributed by atoms with van der Waals surface area (Å²) >= 11 is 0. The minimum absolute atomic E-state index is 0. The Morgan fingerprint density at radius 2 is 1.86 bits per heavy atom. The Labute approximate surface area is 172 Å². The number of hydrogen-bond acceptors (Lipinski definition) is 4. The van der Waals surface area contributed by atoms with Crippen LogP contribution in [0.2, 0.25) is 0 Å². The van der Waals surface area contributed by atoms with Gasteiger partial charge in [0.05, 0.1) is 18.7 Å². The fourth-order valence-corrected chi connectivity index (χ4v) is 4.18. The zero-order valence-corrected chi connectivity index (χ0v) is 16.9. The van der Waals surface area contributed by atoms with Crippen molar-refractivity contribution in [1.82, 2.24) is 10.2 Å². The Balaban J connectivity index is 0.00000225. The molecule has 0 aliphatic carbocycles. The minimum Gasteiger partial charge on any atom is -0.493 e. The van der Waals surface area contributed by atoms with Crippen LogP contribution >= 0.6 is 12.4 Å². The van der Waals surface area contributed by atoms with E-state index in [2.05, 4.69) is 22.3 Å². The average Bonchev–Trinajstić information content (AvgIpc) is 3.10. The van der Waals surface area contributed by atoms with Gasteiger partial charge in [-0.2, -0.15) is 0 Å². The Kier molecular flexibility index (Phi) is 6.60. The predicted octanol–water partition coefficient (Wildman–Crippen LogP) is 2.86. The van der Waals surface area contributed by atoms with Gasteiger partial charge in [0.25, 0.3) is 0 Å². The minimum atomic E-state index is -0.209. The van der Waals surface area contributed by atoms with Crippen LogP contribution in [0.1, 0.15) is 36.4 Å². The first-order valence-corrected chi connectivity index (χ1v) is 9.70. The summed E-state index contributed by atoms with van der Waals surface area (Å²) in [7, 11) is 0. The third-order valence-electron chi connectivity index (χ3n) is 5.82. The van der Waals surface area contributed by atoms with Crippen molar-refractivity contribution in [3.63, 3.8) is 0 Å². The number of nitrogens with one attached hydrogen (secondary N) is 1. The van der Waals surface area contributed by atoms with Crippen LogP contribution in [0.15, 0.2) is 54.6 Å². The molecule has 0 radical (unpaired) electrons. The predicted molar refractivity (Wildman–Crippen MR) is 113 cm³/mol. The lowest BCUT2D eigenvalue weighted by Crippen LogP contribution is -2.46. The maximum absolute atomic E-state index is 12.9. The maximum Gasteiger partial charge on any atom is 0.237 e. The van der Waals surface area contributed by atoms with Gasteiger partial charge in [-0.15, -0.1) is 12.4 Å². The lowest BCUT2D eigenvalue weighted by atomic mass is 9.95. The SMILES string of the molecule is CC(C(=O)NC1CCOc2ccccc21)N1C[C@@H](N)[C@H](c2ccccc2)C1.Cl. The van der Waals surface area contributed by atoms with Crippen molar-refractivity contribution >= 4 is 18.3 Å². The number of nitrogens with two attached hydrogens (primary N) is 1. The second-order valence-corrected chi connectivity index (χ2v) is 7.55. The highest BCUT2D eigenvalue weighted by molar-refractivity contribution is 5.85. The summed E-state index contributed by atoms with van der Waals surface area (Å²) in [4.78, 5) is 15.1. The second kappa shape index (κ2) is 8.95. The van der Waals surface area contributed by atoms with E-state index in [-0.39, 0.29) is 42.4 Å². The number of likely N-dealkylation sites (tertiary alicyclic amines) is 1. The molecule has 5 nitrogen and oxygen atoms in total. The van der Waals surface area contributed by atoms with Gasteiger partial charge in [-0.3, -0.25) is 9.69 Å². The average molecular weight is 402 g/mol. The highest BCUT2D eigenvalue weighted by Gasteiger charge is 2.36. The number of nitrogens with zero attached hydrogens (tertiary/aromatic N) is 1. The lowest BCUT2D eigenvalue weighted by Gasteiger charge is -2.30. The van der Waals surface area contributed by atoms with Gasteiger partial charge >= 0.3 is 0 Å². The van der Waals surface area contributed by atoms with Gasteiger partial charge < -0.3 is 15.8 Å². The molecule has 0 bridgehead atoms. The molecule has 2 heterocycles. The van der Waals surface area contributed by atoms with Gasteiger partial charge in [0, 0.05) is 37.0 Å². The Bertz CT molecular complexity index is 801. The smallest absolute Gasteiger partial charge is 0.237 e. The fourth-order valence-electron chi connectivity index (χ4n) is 4.18. The normalized spacial score (nSPS) is 25.1. The molecule has 0 saturated carbocycles. The first-order chi connectivity index (χ1) is 13.1. The number of rotatable bonds is 4. The number of amides is 1. The molecule has 0 spiro atoms. The number of halogens is 1. The number of para-hydroxylation sites is 1. The van der Waals surface area contributed by atoms with Gasteiger partial charge in [-0.25, -0.2) is 0 Å². The van der Waals surface area contributed by atoms with Crippen molar-refractivity contribution < 1.29 is 9.53 Å². The van der Waals surface area contributed by atoms with Gasteiger partial charge in [0.1, 0.15) is 5.75 Å². The standard InChI is InChI=1S/C22H27N3O2.ClH/c1-15(25-13-18(19(23)14-25)16-7-3-2-4-8-16)22(26)24-20-11-12-27-21-10-6-5-9-17(20)21;/h2-10,15,18-20H,11-14,23H2,1H3,(H,24,26);1H/t15?,18-,19+,20?;/m0./s1. The first-order valence-electron chi connectivity index (χ1n) is 9.70. The summed E-state index contributed by atoms with van der Waals surface area (Å²) < 4.78 is 5.69. The molecule has 2 aromatic rings. The van der Waals surface area contributed by atoms with Crippen molar-refractivity contribution in [2.24, 2.45) is 5.73 Å². The molecule has 1 amide bonds. The molecule has 3 N–H and O–H groups in total. The zero-order chi connectivity index (χ0) is 18.8. The van der Waals surface area contributed by atoms with E-state index < -0.39 is 0 Å². The summed E-state index contributed by atoms with van der Waals surface area (Å²) in [5.74, 6) is 1.19.